The predicted molar refractivity (Wildman–Crippen MR) is 43.1 cm³/mol. The molecule has 11 heavy (non-hydrogen) atoms. The number of hydrazine groups is 1. The summed E-state index contributed by atoms with van der Waals surface area (Å²) >= 11 is 0. The summed E-state index contributed by atoms with van der Waals surface area (Å²) in [5.41, 5.74) is 4.33. The first-order chi connectivity index (χ1) is 5.29. The largest absolute Gasteiger partial charge is 0.308 e. The summed E-state index contributed by atoms with van der Waals surface area (Å²) in [6, 6.07) is 0. The second kappa shape index (κ2) is 3.16. The van der Waals surface area contributed by atoms with Crippen LogP contribution in [0.2, 0.25) is 0 Å². The van der Waals surface area contributed by atoms with Gasteiger partial charge >= 0.3 is 0 Å². The molecule has 0 aliphatic rings. The van der Waals surface area contributed by atoms with Crippen molar-refractivity contribution < 1.29 is 0 Å². The van der Waals surface area contributed by atoms with Gasteiger partial charge in [0.05, 0.1) is 11.8 Å². The fraction of sp³-hybridized carbons (Fsp3) is 0.333. The molecule has 0 aliphatic heterocycles. The van der Waals surface area contributed by atoms with Gasteiger partial charge in [-0.25, -0.2) is 5.84 Å². The van der Waals surface area contributed by atoms with Crippen molar-refractivity contribution in [1.29, 1.82) is 0 Å². The maximum atomic E-state index is 5.22. The molecule has 0 amide bonds. The van der Waals surface area contributed by atoms with E-state index >= 15 is 0 Å². The number of aryl methyl sites for hydroxylation is 1. The van der Waals surface area contributed by atoms with Crippen molar-refractivity contribution in [2.45, 2.75) is 6.92 Å². The molecule has 0 radical (unpaired) electrons. The number of rotatable bonds is 1. The molecular formula is C6H11N5. The quantitative estimate of drug-likeness (QED) is 0.221. The number of nitrogens with zero attached hydrogens (tertiary/aromatic N) is 2. The van der Waals surface area contributed by atoms with Crippen molar-refractivity contribution in [2.24, 2.45) is 10.8 Å². The summed E-state index contributed by atoms with van der Waals surface area (Å²) in [5.74, 6) is 5.86. The first-order valence-electron chi connectivity index (χ1n) is 3.23. The molecule has 5 heteroatoms. The van der Waals surface area contributed by atoms with E-state index in [1.54, 1.807) is 13.2 Å². The number of aromatic amines is 1. The van der Waals surface area contributed by atoms with E-state index in [9.17, 15) is 0 Å². The van der Waals surface area contributed by atoms with Crippen molar-refractivity contribution in [3.63, 3.8) is 0 Å². The molecule has 0 aromatic carbocycles. The Morgan fingerprint density at radius 2 is 2.55 bits per heavy atom. The molecule has 0 saturated heterocycles. The first kappa shape index (κ1) is 7.74. The van der Waals surface area contributed by atoms with E-state index in [0.717, 1.165) is 11.3 Å². The Bertz CT molecular complexity index is 262. The normalized spacial score (nSPS) is 11.7. The van der Waals surface area contributed by atoms with Gasteiger partial charge in [-0.15, -0.1) is 0 Å². The number of aromatic nitrogens is 2. The van der Waals surface area contributed by atoms with E-state index in [1.807, 2.05) is 6.92 Å². The number of H-pyrrole nitrogens is 1. The van der Waals surface area contributed by atoms with Crippen LogP contribution in [0.25, 0.3) is 0 Å². The minimum absolute atomic E-state index is 0.635. The molecule has 4 N–H and O–H groups in total. The molecule has 1 heterocycles. The highest BCUT2D eigenvalue weighted by atomic mass is 15.3. The standard InChI is InChI=1S/C6H11N5/c1-4-5(3-9-11-4)6(8-2)10-7/h3H,7H2,1-2H3,(H,8,10)(H,9,11). The minimum Gasteiger partial charge on any atom is -0.308 e. The highest BCUT2D eigenvalue weighted by molar-refractivity contribution is 5.98. The van der Waals surface area contributed by atoms with Crippen LogP contribution in [0.3, 0.4) is 0 Å². The van der Waals surface area contributed by atoms with Crippen LogP contribution in [0, 0.1) is 6.92 Å². The maximum Gasteiger partial charge on any atom is 0.145 e. The molecule has 1 aromatic heterocycles. The molecule has 0 fully saturated rings. The fourth-order valence-electron chi connectivity index (χ4n) is 0.852. The third-order valence-corrected chi connectivity index (χ3v) is 1.45. The van der Waals surface area contributed by atoms with E-state index < -0.39 is 0 Å². The number of nitrogens with two attached hydrogens (primary N) is 1. The Morgan fingerprint density at radius 3 is 2.91 bits per heavy atom. The molecular weight excluding hydrogens is 142 g/mol. The Balaban J connectivity index is 3.00. The molecule has 1 rings (SSSR count). The van der Waals surface area contributed by atoms with Gasteiger partial charge in [-0.2, -0.15) is 5.10 Å². The van der Waals surface area contributed by atoms with Crippen molar-refractivity contribution in [3.8, 4) is 0 Å². The van der Waals surface area contributed by atoms with Crippen molar-refractivity contribution in [1.82, 2.24) is 15.6 Å². The zero-order valence-electron chi connectivity index (χ0n) is 6.55. The van der Waals surface area contributed by atoms with Crippen molar-refractivity contribution in [3.05, 3.63) is 17.5 Å². The summed E-state index contributed by atoms with van der Waals surface area (Å²) < 4.78 is 0. The van der Waals surface area contributed by atoms with Crippen molar-refractivity contribution in [2.75, 3.05) is 7.05 Å². The average molecular weight is 153 g/mol. The van der Waals surface area contributed by atoms with Gasteiger partial charge in [0.15, 0.2) is 0 Å². The summed E-state index contributed by atoms with van der Waals surface area (Å²) in [6.45, 7) is 1.91. The lowest BCUT2D eigenvalue weighted by molar-refractivity contribution is 1.01. The number of aliphatic imine (C=N–C) groups is 1. The van der Waals surface area contributed by atoms with Crippen LogP contribution in [0.15, 0.2) is 11.2 Å². The van der Waals surface area contributed by atoms with Gasteiger partial charge in [0.25, 0.3) is 0 Å². The molecule has 60 valence electrons. The third-order valence-electron chi connectivity index (χ3n) is 1.45. The number of nitrogens with one attached hydrogen (secondary N) is 2. The fourth-order valence-corrected chi connectivity index (χ4v) is 0.852. The Kier molecular flexibility index (Phi) is 2.22. The minimum atomic E-state index is 0.635. The van der Waals surface area contributed by atoms with Crippen LogP contribution in [0.5, 0.6) is 0 Å². The average Bonchev–Trinajstić information content (AvgIpc) is 2.40. The van der Waals surface area contributed by atoms with Crippen molar-refractivity contribution >= 4 is 5.84 Å². The summed E-state index contributed by atoms with van der Waals surface area (Å²) in [4.78, 5) is 3.93. The summed E-state index contributed by atoms with van der Waals surface area (Å²) in [6.07, 6.45) is 1.68. The van der Waals surface area contributed by atoms with Crippen LogP contribution in [0.4, 0.5) is 0 Å². The zero-order chi connectivity index (χ0) is 8.27. The lowest BCUT2D eigenvalue weighted by Crippen LogP contribution is -2.31. The molecule has 0 atom stereocenters. The highest BCUT2D eigenvalue weighted by Crippen LogP contribution is 2.01. The summed E-state index contributed by atoms with van der Waals surface area (Å²) in [7, 11) is 1.67. The van der Waals surface area contributed by atoms with Crippen LogP contribution >= 0.6 is 0 Å². The van der Waals surface area contributed by atoms with E-state index in [-0.39, 0.29) is 0 Å². The van der Waals surface area contributed by atoms with Gasteiger partial charge in [-0.1, -0.05) is 0 Å². The topological polar surface area (TPSA) is 79.1 Å². The van der Waals surface area contributed by atoms with Gasteiger partial charge in [-0.05, 0) is 6.92 Å². The number of amidine groups is 1. The highest BCUT2D eigenvalue weighted by Gasteiger charge is 2.04. The van der Waals surface area contributed by atoms with Crippen LogP contribution in [-0.2, 0) is 0 Å². The Labute approximate surface area is 64.7 Å². The molecule has 1 aromatic rings. The van der Waals surface area contributed by atoms with Gasteiger partial charge in [0.1, 0.15) is 5.84 Å². The van der Waals surface area contributed by atoms with E-state index in [2.05, 4.69) is 20.6 Å². The summed E-state index contributed by atoms with van der Waals surface area (Å²) in [5, 5.41) is 6.63. The Hall–Kier alpha value is -1.36. The van der Waals surface area contributed by atoms with E-state index in [4.69, 9.17) is 5.84 Å². The lowest BCUT2D eigenvalue weighted by Gasteiger charge is -2.00. The smallest absolute Gasteiger partial charge is 0.145 e. The molecule has 0 bridgehead atoms. The second-order valence-corrected chi connectivity index (χ2v) is 2.13. The molecule has 5 nitrogen and oxygen atoms in total. The van der Waals surface area contributed by atoms with Gasteiger partial charge in [-0.3, -0.25) is 10.1 Å². The molecule has 0 spiro atoms. The maximum absolute atomic E-state index is 5.22. The molecule has 0 unspecified atom stereocenters. The van der Waals surface area contributed by atoms with Crippen LogP contribution in [-0.4, -0.2) is 23.1 Å². The number of hydrogen-bond donors (Lipinski definition) is 3. The SMILES string of the molecule is CN=C(NN)c1cn[nH]c1C. The third kappa shape index (κ3) is 1.38. The molecule has 0 saturated carbocycles. The second-order valence-electron chi connectivity index (χ2n) is 2.13. The monoisotopic (exact) mass is 153 g/mol. The predicted octanol–water partition coefficient (Wildman–Crippen LogP) is -0.442. The van der Waals surface area contributed by atoms with Crippen LogP contribution < -0.4 is 11.3 Å². The van der Waals surface area contributed by atoms with E-state index in [0.29, 0.717) is 5.84 Å². The van der Waals surface area contributed by atoms with Gasteiger partial charge < -0.3 is 5.43 Å². The lowest BCUT2D eigenvalue weighted by atomic mass is 10.2. The van der Waals surface area contributed by atoms with Gasteiger partial charge in [0.2, 0.25) is 0 Å². The Morgan fingerprint density at radius 1 is 1.82 bits per heavy atom. The van der Waals surface area contributed by atoms with Crippen LogP contribution in [0.1, 0.15) is 11.3 Å². The zero-order valence-corrected chi connectivity index (χ0v) is 6.55. The van der Waals surface area contributed by atoms with E-state index in [1.165, 1.54) is 0 Å². The molecule has 0 aliphatic carbocycles. The number of hydrogen-bond acceptors (Lipinski definition) is 3. The van der Waals surface area contributed by atoms with Gasteiger partial charge in [0, 0.05) is 12.7 Å². The first-order valence-corrected chi connectivity index (χ1v) is 3.23.